The Balaban J connectivity index is 1.34. The van der Waals surface area contributed by atoms with E-state index in [4.69, 9.17) is 10.5 Å². The van der Waals surface area contributed by atoms with Gasteiger partial charge in [0.15, 0.2) is 5.82 Å². The number of hydrogen-bond donors (Lipinski definition) is 3. The number of nitrogen functional groups attached to an aromatic ring is 1. The predicted molar refractivity (Wildman–Crippen MR) is 128 cm³/mol. The number of hydrogen-bond acceptors (Lipinski definition) is 4. The molecule has 5 aromatic rings. The molecule has 0 amide bonds. The maximum atomic E-state index is 6.12. The minimum atomic E-state index is 0.474. The molecular formula is C26H23N5O. The summed E-state index contributed by atoms with van der Waals surface area (Å²) in [5.74, 6) is 8.00. The Morgan fingerprint density at radius 1 is 1.00 bits per heavy atom. The Morgan fingerprint density at radius 2 is 1.91 bits per heavy atom. The Bertz CT molecular complexity index is 1420. The Kier molecular flexibility index (Phi) is 5.46. The van der Waals surface area contributed by atoms with Gasteiger partial charge >= 0.3 is 0 Å². The summed E-state index contributed by atoms with van der Waals surface area (Å²) in [6.07, 6.45) is 6.43. The molecule has 158 valence electrons. The van der Waals surface area contributed by atoms with Crippen LogP contribution in [0.4, 0.5) is 5.82 Å². The lowest BCUT2D eigenvalue weighted by Crippen LogP contribution is -1.96. The van der Waals surface area contributed by atoms with Crippen LogP contribution in [-0.4, -0.2) is 26.8 Å². The molecule has 0 spiro atoms. The smallest absolute Gasteiger partial charge is 0.153 e. The number of aromatic amines is 2. The zero-order valence-electron chi connectivity index (χ0n) is 17.6. The topological polar surface area (TPSA) is 92.6 Å². The third kappa shape index (κ3) is 4.01. The number of aromatic nitrogens is 4. The van der Waals surface area contributed by atoms with Crippen molar-refractivity contribution in [2.75, 3.05) is 12.3 Å². The summed E-state index contributed by atoms with van der Waals surface area (Å²) >= 11 is 0. The monoisotopic (exact) mass is 421 g/mol. The first-order chi connectivity index (χ1) is 15.8. The fourth-order valence-electron chi connectivity index (χ4n) is 3.79. The molecule has 0 unspecified atom stereocenters. The highest BCUT2D eigenvalue weighted by Gasteiger charge is 2.12. The van der Waals surface area contributed by atoms with Crippen LogP contribution < -0.4 is 10.5 Å². The lowest BCUT2D eigenvalue weighted by Gasteiger charge is -2.06. The van der Waals surface area contributed by atoms with Gasteiger partial charge in [-0.2, -0.15) is 5.10 Å². The lowest BCUT2D eigenvalue weighted by atomic mass is 9.99. The van der Waals surface area contributed by atoms with E-state index in [1.165, 1.54) is 0 Å². The molecule has 0 bridgehead atoms. The summed E-state index contributed by atoms with van der Waals surface area (Å²) < 4.78 is 5.74. The highest BCUT2D eigenvalue weighted by atomic mass is 16.5. The van der Waals surface area contributed by atoms with Gasteiger partial charge in [-0.05, 0) is 60.4 Å². The molecule has 32 heavy (non-hydrogen) atoms. The van der Waals surface area contributed by atoms with Crippen LogP contribution in [0.25, 0.3) is 33.1 Å². The third-order valence-electron chi connectivity index (χ3n) is 5.40. The normalized spacial score (nSPS) is 10.9. The number of fused-ring (bicyclic) bond motifs is 2. The zero-order valence-corrected chi connectivity index (χ0v) is 17.6. The molecule has 3 heterocycles. The van der Waals surface area contributed by atoms with E-state index >= 15 is 0 Å². The fourth-order valence-corrected chi connectivity index (χ4v) is 3.79. The van der Waals surface area contributed by atoms with E-state index in [-0.39, 0.29) is 0 Å². The number of nitrogens with one attached hydrogen (secondary N) is 2. The first-order valence-corrected chi connectivity index (χ1v) is 10.7. The van der Waals surface area contributed by atoms with Gasteiger partial charge in [0.05, 0.1) is 17.7 Å². The molecule has 0 saturated carbocycles. The van der Waals surface area contributed by atoms with Crippen molar-refractivity contribution >= 4 is 27.8 Å². The summed E-state index contributed by atoms with van der Waals surface area (Å²) in [7, 11) is 0. The standard InChI is InChI=1S/C26H23N5O/c27-25-23-17-19(21-11-13-28-26-22(21)12-14-29-26)16-18(24(23)30-31-25)8-4-1-2-7-15-32-20-9-5-3-6-10-20/h3,5-6,9-14,16-17H,1-2,7,15H2,(H,28,29)(H3,27,30,31). The molecular weight excluding hydrogens is 398 g/mol. The van der Waals surface area contributed by atoms with Gasteiger partial charge in [-0.25, -0.2) is 4.98 Å². The number of unbranched alkanes of at least 4 members (excludes halogenated alkanes) is 2. The van der Waals surface area contributed by atoms with Crippen molar-refractivity contribution in [3.8, 4) is 28.7 Å². The lowest BCUT2D eigenvalue weighted by molar-refractivity contribution is 0.307. The zero-order chi connectivity index (χ0) is 21.8. The number of ether oxygens (including phenoxy) is 1. The number of H-pyrrole nitrogens is 2. The molecule has 3 aromatic heterocycles. The maximum absolute atomic E-state index is 6.12. The van der Waals surface area contributed by atoms with Crippen molar-refractivity contribution in [1.29, 1.82) is 0 Å². The summed E-state index contributed by atoms with van der Waals surface area (Å²) in [6.45, 7) is 0.692. The highest BCUT2D eigenvalue weighted by Crippen LogP contribution is 2.32. The van der Waals surface area contributed by atoms with Gasteiger partial charge in [-0.3, -0.25) is 5.10 Å². The Morgan fingerprint density at radius 3 is 2.81 bits per heavy atom. The summed E-state index contributed by atoms with van der Waals surface area (Å²) in [4.78, 5) is 7.55. The minimum absolute atomic E-state index is 0.474. The van der Waals surface area contributed by atoms with Gasteiger partial charge in [0.2, 0.25) is 0 Å². The van der Waals surface area contributed by atoms with E-state index in [1.54, 1.807) is 6.20 Å². The fraction of sp³-hybridized carbons (Fsp3) is 0.154. The SMILES string of the molecule is Nc1n[nH]c2c(C#CCCCCOc3ccccc3)cc(-c3ccnc4[nH]ccc34)cc12. The summed E-state index contributed by atoms with van der Waals surface area (Å²) in [5.41, 5.74) is 10.9. The second-order valence-corrected chi connectivity index (χ2v) is 7.57. The van der Waals surface area contributed by atoms with E-state index < -0.39 is 0 Å². The van der Waals surface area contributed by atoms with Gasteiger partial charge in [0.25, 0.3) is 0 Å². The number of anilines is 1. The Labute approximate surface area is 185 Å². The minimum Gasteiger partial charge on any atom is -0.494 e. The highest BCUT2D eigenvalue weighted by molar-refractivity contribution is 6.00. The molecule has 0 aliphatic carbocycles. The van der Waals surface area contributed by atoms with E-state index in [0.29, 0.717) is 12.4 Å². The molecule has 0 atom stereocenters. The second-order valence-electron chi connectivity index (χ2n) is 7.57. The molecule has 0 saturated heterocycles. The van der Waals surface area contributed by atoms with Crippen molar-refractivity contribution in [2.45, 2.75) is 19.3 Å². The van der Waals surface area contributed by atoms with Gasteiger partial charge in [0.1, 0.15) is 11.4 Å². The van der Waals surface area contributed by atoms with Crippen LogP contribution in [0.5, 0.6) is 5.75 Å². The first kappa shape index (κ1) is 19.7. The molecule has 6 nitrogen and oxygen atoms in total. The molecule has 0 radical (unpaired) electrons. The first-order valence-electron chi connectivity index (χ1n) is 10.7. The molecule has 0 aliphatic heterocycles. The maximum Gasteiger partial charge on any atom is 0.153 e. The largest absolute Gasteiger partial charge is 0.494 e. The number of pyridine rings is 1. The van der Waals surface area contributed by atoms with E-state index in [1.807, 2.05) is 48.7 Å². The quantitative estimate of drug-likeness (QED) is 0.257. The van der Waals surface area contributed by atoms with Crippen LogP contribution in [0.1, 0.15) is 24.8 Å². The average molecular weight is 422 g/mol. The number of rotatable bonds is 6. The molecule has 6 heteroatoms. The summed E-state index contributed by atoms with van der Waals surface area (Å²) in [5, 5.41) is 9.16. The van der Waals surface area contributed by atoms with Crippen molar-refractivity contribution in [3.63, 3.8) is 0 Å². The van der Waals surface area contributed by atoms with Gasteiger partial charge in [-0.15, -0.1) is 0 Å². The van der Waals surface area contributed by atoms with Crippen LogP contribution in [0.15, 0.2) is 67.0 Å². The molecule has 0 aliphatic rings. The third-order valence-corrected chi connectivity index (χ3v) is 5.40. The van der Waals surface area contributed by atoms with Crippen molar-refractivity contribution < 1.29 is 4.74 Å². The van der Waals surface area contributed by atoms with Crippen LogP contribution in [0, 0.1) is 11.8 Å². The van der Waals surface area contributed by atoms with Gasteiger partial charge in [-0.1, -0.05) is 30.0 Å². The average Bonchev–Trinajstić information content (AvgIpc) is 3.46. The van der Waals surface area contributed by atoms with E-state index in [2.05, 4.69) is 44.1 Å². The predicted octanol–water partition coefficient (Wildman–Crippen LogP) is 5.29. The van der Waals surface area contributed by atoms with E-state index in [9.17, 15) is 0 Å². The molecule has 2 aromatic carbocycles. The number of nitrogens with two attached hydrogens (primary N) is 1. The molecule has 5 rings (SSSR count). The number of nitrogens with zero attached hydrogens (tertiary/aromatic N) is 2. The number of benzene rings is 2. The molecule has 0 fully saturated rings. The second kappa shape index (κ2) is 8.86. The van der Waals surface area contributed by atoms with E-state index in [0.717, 1.165) is 63.6 Å². The van der Waals surface area contributed by atoms with Crippen molar-refractivity contribution in [3.05, 3.63) is 72.6 Å². The summed E-state index contributed by atoms with van der Waals surface area (Å²) in [6, 6.07) is 18.1. The Hall–Kier alpha value is -4.24. The van der Waals surface area contributed by atoms with Crippen LogP contribution >= 0.6 is 0 Å². The van der Waals surface area contributed by atoms with Crippen LogP contribution in [-0.2, 0) is 0 Å². The van der Waals surface area contributed by atoms with Gasteiger partial charge in [0, 0.05) is 29.6 Å². The van der Waals surface area contributed by atoms with Gasteiger partial charge < -0.3 is 15.5 Å². The number of para-hydroxylation sites is 1. The molecule has 4 N–H and O–H groups in total. The van der Waals surface area contributed by atoms with Crippen molar-refractivity contribution in [2.24, 2.45) is 0 Å². The van der Waals surface area contributed by atoms with Crippen LogP contribution in [0.2, 0.25) is 0 Å². The van der Waals surface area contributed by atoms with Crippen LogP contribution in [0.3, 0.4) is 0 Å². The van der Waals surface area contributed by atoms with Crippen molar-refractivity contribution in [1.82, 2.24) is 20.2 Å².